The fourth-order valence-electron chi connectivity index (χ4n) is 7.66. The summed E-state index contributed by atoms with van der Waals surface area (Å²) in [6.45, 7) is 4.83. The van der Waals surface area contributed by atoms with Crippen molar-refractivity contribution < 1.29 is 26.3 Å². The second-order valence-electron chi connectivity index (χ2n) is 15.1. The number of hydrogen-bond donors (Lipinski definition) is 0. The maximum Gasteiger partial charge on any atom is 0.399 e. The highest BCUT2D eigenvalue weighted by molar-refractivity contribution is 7.27. The molecule has 0 saturated heterocycles. The summed E-state index contributed by atoms with van der Waals surface area (Å²) in [5.74, 6) is 0. The lowest BCUT2D eigenvalue weighted by molar-refractivity contribution is -0.181. The van der Waals surface area contributed by atoms with Crippen LogP contribution in [0.4, 0.5) is 26.3 Å². The zero-order valence-electron chi connectivity index (χ0n) is 30.5. The quantitative estimate of drug-likeness (QED) is 0.129. The van der Waals surface area contributed by atoms with Gasteiger partial charge in [-0.3, -0.25) is 9.97 Å². The minimum atomic E-state index is -4.40. The molecular formula is C46H32F6N2S2. The first kappa shape index (κ1) is 36.3. The van der Waals surface area contributed by atoms with Crippen molar-refractivity contribution in [1.82, 2.24) is 9.97 Å². The fraction of sp³-hybridized carbons (Fsp3) is 0.174. The molecule has 0 saturated carbocycles. The molecule has 280 valence electrons. The summed E-state index contributed by atoms with van der Waals surface area (Å²) < 4.78 is 87.6. The highest BCUT2D eigenvalue weighted by Gasteiger charge is 2.51. The van der Waals surface area contributed by atoms with Crippen LogP contribution in [0.3, 0.4) is 0 Å². The SMILES string of the molecule is CC(C)(c1nc2ccccc2c2c1ccc1c3ccccc3sc12)C(F)(F)F.CC(C)(c1nc2ccccc2c2c1ccc1c3ccccc3sc12)C(F)(F)F. The monoisotopic (exact) mass is 790 g/mol. The Labute approximate surface area is 325 Å². The largest absolute Gasteiger partial charge is 0.399 e. The van der Waals surface area contributed by atoms with Gasteiger partial charge in [-0.1, -0.05) is 97.1 Å². The minimum absolute atomic E-state index is 0.0769. The third kappa shape index (κ3) is 5.44. The average Bonchev–Trinajstić information content (AvgIpc) is 3.75. The number of pyridine rings is 2. The molecule has 10 rings (SSSR count). The number of aromatic nitrogens is 2. The van der Waals surface area contributed by atoms with E-state index in [0.717, 1.165) is 61.9 Å². The van der Waals surface area contributed by atoms with E-state index in [-0.39, 0.29) is 11.4 Å². The number of nitrogens with zero attached hydrogens (tertiary/aromatic N) is 2. The first-order valence-electron chi connectivity index (χ1n) is 18.0. The molecule has 10 heteroatoms. The lowest BCUT2D eigenvalue weighted by Crippen LogP contribution is -2.37. The van der Waals surface area contributed by atoms with Gasteiger partial charge in [-0.05, 0) is 52.0 Å². The van der Waals surface area contributed by atoms with E-state index in [9.17, 15) is 26.3 Å². The van der Waals surface area contributed by atoms with Gasteiger partial charge in [0.2, 0.25) is 0 Å². The van der Waals surface area contributed by atoms with Crippen LogP contribution in [0.5, 0.6) is 0 Å². The number of para-hydroxylation sites is 2. The maximum absolute atomic E-state index is 13.9. The van der Waals surface area contributed by atoms with Crippen molar-refractivity contribution in [2.24, 2.45) is 0 Å². The van der Waals surface area contributed by atoms with E-state index in [1.807, 2.05) is 72.8 Å². The summed E-state index contributed by atoms with van der Waals surface area (Å²) in [6, 6.07) is 38.6. The van der Waals surface area contributed by atoms with E-state index >= 15 is 0 Å². The Morgan fingerprint density at radius 3 is 1.07 bits per heavy atom. The molecule has 0 spiro atoms. The molecule has 4 aromatic heterocycles. The molecule has 0 unspecified atom stereocenters. The highest BCUT2D eigenvalue weighted by atomic mass is 32.1. The van der Waals surface area contributed by atoms with Crippen LogP contribution in [0.15, 0.2) is 121 Å². The van der Waals surface area contributed by atoms with E-state index < -0.39 is 23.2 Å². The van der Waals surface area contributed by atoms with Gasteiger partial charge >= 0.3 is 12.4 Å². The Morgan fingerprint density at radius 2 is 0.696 bits per heavy atom. The molecule has 0 fully saturated rings. The Bertz CT molecular complexity index is 2970. The molecule has 0 aliphatic rings. The smallest absolute Gasteiger partial charge is 0.251 e. The van der Waals surface area contributed by atoms with E-state index in [2.05, 4.69) is 34.2 Å². The average molecular weight is 791 g/mol. The van der Waals surface area contributed by atoms with Crippen LogP contribution >= 0.6 is 22.7 Å². The summed E-state index contributed by atoms with van der Waals surface area (Å²) in [5, 5.41) is 9.02. The first-order chi connectivity index (χ1) is 26.6. The van der Waals surface area contributed by atoms with Crippen molar-refractivity contribution in [3.8, 4) is 0 Å². The molecule has 10 aromatic rings. The van der Waals surface area contributed by atoms with Crippen molar-refractivity contribution in [1.29, 1.82) is 0 Å². The van der Waals surface area contributed by atoms with Crippen molar-refractivity contribution in [2.75, 3.05) is 0 Å². The van der Waals surface area contributed by atoms with Crippen LogP contribution in [0, 0.1) is 0 Å². The number of fused-ring (bicyclic) bond motifs is 14. The van der Waals surface area contributed by atoms with Gasteiger partial charge in [-0.2, -0.15) is 26.3 Å². The van der Waals surface area contributed by atoms with E-state index in [1.165, 1.54) is 27.7 Å². The van der Waals surface area contributed by atoms with Gasteiger partial charge in [0.1, 0.15) is 10.8 Å². The maximum atomic E-state index is 13.9. The second-order valence-corrected chi connectivity index (χ2v) is 17.2. The Hall–Kier alpha value is -5.32. The third-order valence-electron chi connectivity index (χ3n) is 11.0. The molecule has 2 nitrogen and oxygen atoms in total. The van der Waals surface area contributed by atoms with E-state index in [4.69, 9.17) is 0 Å². The van der Waals surface area contributed by atoms with Crippen molar-refractivity contribution in [3.63, 3.8) is 0 Å². The van der Waals surface area contributed by atoms with Gasteiger partial charge in [0.25, 0.3) is 0 Å². The normalized spacial score (nSPS) is 13.2. The van der Waals surface area contributed by atoms with Crippen LogP contribution in [0.2, 0.25) is 0 Å². The van der Waals surface area contributed by atoms with Gasteiger partial charge in [0.15, 0.2) is 0 Å². The lowest BCUT2D eigenvalue weighted by atomic mass is 9.84. The van der Waals surface area contributed by atoms with Gasteiger partial charge in [-0.15, -0.1) is 22.7 Å². The number of hydrogen-bond acceptors (Lipinski definition) is 4. The number of alkyl halides is 6. The van der Waals surface area contributed by atoms with Crippen LogP contribution in [0.25, 0.3) is 83.7 Å². The van der Waals surface area contributed by atoms with Gasteiger partial charge < -0.3 is 0 Å². The molecule has 0 bridgehead atoms. The summed E-state index contributed by atoms with van der Waals surface area (Å²) in [5.41, 5.74) is -2.78. The second kappa shape index (κ2) is 12.6. The van der Waals surface area contributed by atoms with Gasteiger partial charge in [-0.25, -0.2) is 0 Å². The summed E-state index contributed by atoms with van der Waals surface area (Å²) in [6.07, 6.45) is -8.80. The standard InChI is InChI=1S/2C23H16F3NS/c2*1-22(2,23(24,25)26)21-16-12-11-14-13-7-4-6-10-18(13)28-20(14)19(16)15-8-3-5-9-17(15)27-21/h2*3-12H,1-2H3. The van der Waals surface area contributed by atoms with E-state index in [1.54, 1.807) is 46.9 Å². The molecule has 6 aromatic carbocycles. The number of benzene rings is 6. The van der Waals surface area contributed by atoms with Crippen molar-refractivity contribution in [2.45, 2.75) is 50.9 Å². The fourth-order valence-corrected chi connectivity index (χ4v) is 10.2. The molecule has 0 aliphatic heterocycles. The van der Waals surface area contributed by atoms with Crippen molar-refractivity contribution >= 4 is 106 Å². The molecule has 0 radical (unpaired) electrons. The summed E-state index contributed by atoms with van der Waals surface area (Å²) in [4.78, 5) is 8.97. The molecule has 0 aliphatic carbocycles. The molecular weight excluding hydrogens is 759 g/mol. The lowest BCUT2D eigenvalue weighted by Gasteiger charge is -2.29. The highest BCUT2D eigenvalue weighted by Crippen LogP contribution is 2.49. The first-order valence-corrected chi connectivity index (χ1v) is 19.6. The summed E-state index contributed by atoms with van der Waals surface area (Å²) >= 11 is 3.25. The van der Waals surface area contributed by atoms with Crippen LogP contribution in [-0.4, -0.2) is 22.3 Å². The predicted molar refractivity (Wildman–Crippen MR) is 222 cm³/mol. The zero-order chi connectivity index (χ0) is 39.4. The number of rotatable bonds is 2. The van der Waals surface area contributed by atoms with Gasteiger partial charge in [0.05, 0.1) is 22.4 Å². The molecule has 0 amide bonds. The predicted octanol–water partition coefficient (Wildman–Crippen LogP) is 15.2. The summed E-state index contributed by atoms with van der Waals surface area (Å²) in [7, 11) is 0. The Morgan fingerprint density at radius 1 is 0.375 bits per heavy atom. The molecule has 0 N–H and O–H groups in total. The Balaban J connectivity index is 0.000000146. The molecule has 0 atom stereocenters. The molecule has 56 heavy (non-hydrogen) atoms. The zero-order valence-corrected chi connectivity index (χ0v) is 32.2. The van der Waals surface area contributed by atoms with Crippen LogP contribution in [-0.2, 0) is 10.8 Å². The topological polar surface area (TPSA) is 25.8 Å². The van der Waals surface area contributed by atoms with Gasteiger partial charge in [0, 0.05) is 72.7 Å². The van der Waals surface area contributed by atoms with Crippen molar-refractivity contribution in [3.05, 3.63) is 133 Å². The number of thiophene rings is 2. The Kier molecular flexibility index (Phi) is 8.17. The van der Waals surface area contributed by atoms with Crippen LogP contribution in [0.1, 0.15) is 39.1 Å². The third-order valence-corrected chi connectivity index (χ3v) is 13.4. The van der Waals surface area contributed by atoms with E-state index in [0.29, 0.717) is 21.8 Å². The minimum Gasteiger partial charge on any atom is -0.251 e. The van der Waals surface area contributed by atoms with Crippen LogP contribution < -0.4 is 0 Å². The molecule has 4 heterocycles. The number of halogens is 6.